The van der Waals surface area contributed by atoms with Gasteiger partial charge in [-0.25, -0.2) is 0 Å². The molecular weight excluding hydrogens is 270 g/mol. The van der Waals surface area contributed by atoms with Crippen molar-refractivity contribution in [1.29, 1.82) is 0 Å². The summed E-state index contributed by atoms with van der Waals surface area (Å²) in [6.07, 6.45) is 5.70. The number of hydrogen-bond acceptors (Lipinski definition) is 6. The smallest absolute Gasteiger partial charge is 0.226 e. The molecule has 6 nitrogen and oxygen atoms in total. The van der Waals surface area contributed by atoms with Crippen LogP contribution in [0.5, 0.6) is 0 Å². The highest BCUT2D eigenvalue weighted by atomic mass is 16.5. The maximum absolute atomic E-state index is 5.76. The SMILES string of the molecule is CCc1nc([C@H]2CCCN2CCOC[C@@H]2CCCO2)no1. The molecule has 2 saturated heterocycles. The molecule has 2 fully saturated rings. The Kier molecular flexibility index (Phi) is 5.22. The number of nitrogens with zero attached hydrogens (tertiary/aromatic N) is 3. The highest BCUT2D eigenvalue weighted by Gasteiger charge is 2.29. The first-order valence-corrected chi connectivity index (χ1v) is 8.12. The molecule has 1 aromatic rings. The molecule has 3 heterocycles. The van der Waals surface area contributed by atoms with Crippen LogP contribution in [0.2, 0.25) is 0 Å². The Morgan fingerprint density at radius 1 is 1.33 bits per heavy atom. The Morgan fingerprint density at radius 2 is 2.29 bits per heavy atom. The van der Waals surface area contributed by atoms with E-state index < -0.39 is 0 Å². The summed E-state index contributed by atoms with van der Waals surface area (Å²) in [6, 6.07) is 0.292. The van der Waals surface area contributed by atoms with Gasteiger partial charge in [-0.1, -0.05) is 12.1 Å². The molecule has 0 bridgehead atoms. The molecule has 0 radical (unpaired) electrons. The normalized spacial score (nSPS) is 26.7. The van der Waals surface area contributed by atoms with Crippen molar-refractivity contribution in [3.63, 3.8) is 0 Å². The summed E-state index contributed by atoms with van der Waals surface area (Å²) in [6.45, 7) is 6.40. The van der Waals surface area contributed by atoms with E-state index in [4.69, 9.17) is 14.0 Å². The second-order valence-corrected chi connectivity index (χ2v) is 5.80. The van der Waals surface area contributed by atoms with Crippen LogP contribution in [0.15, 0.2) is 4.52 Å². The van der Waals surface area contributed by atoms with Crippen molar-refractivity contribution in [1.82, 2.24) is 15.0 Å². The largest absolute Gasteiger partial charge is 0.377 e. The van der Waals surface area contributed by atoms with Crippen LogP contribution in [-0.2, 0) is 15.9 Å². The van der Waals surface area contributed by atoms with Gasteiger partial charge in [0.15, 0.2) is 5.82 Å². The van der Waals surface area contributed by atoms with Gasteiger partial charge < -0.3 is 14.0 Å². The fourth-order valence-electron chi connectivity index (χ4n) is 3.11. The maximum atomic E-state index is 5.76. The predicted octanol–water partition coefficient (Wildman–Crippen LogP) is 1.96. The quantitative estimate of drug-likeness (QED) is 0.717. The number of ether oxygens (including phenoxy) is 2. The van der Waals surface area contributed by atoms with E-state index in [0.717, 1.165) is 63.9 Å². The van der Waals surface area contributed by atoms with Gasteiger partial charge in [-0.15, -0.1) is 0 Å². The standard InChI is InChI=1S/C15H25N3O3/c1-2-14-16-15(17-21-14)13-6-3-7-18(13)8-10-19-11-12-5-4-9-20-12/h12-13H,2-11H2,1H3/t12-,13+/m0/s1. The van der Waals surface area contributed by atoms with Crippen molar-refractivity contribution in [2.24, 2.45) is 0 Å². The fourth-order valence-corrected chi connectivity index (χ4v) is 3.11. The summed E-state index contributed by atoms with van der Waals surface area (Å²) in [5, 5.41) is 4.12. The number of hydrogen-bond donors (Lipinski definition) is 0. The summed E-state index contributed by atoms with van der Waals surface area (Å²) in [4.78, 5) is 6.87. The third-order valence-electron chi connectivity index (χ3n) is 4.30. The van der Waals surface area contributed by atoms with Crippen LogP contribution >= 0.6 is 0 Å². The average molecular weight is 295 g/mol. The Morgan fingerprint density at radius 3 is 3.05 bits per heavy atom. The van der Waals surface area contributed by atoms with Crippen LogP contribution in [0.4, 0.5) is 0 Å². The Labute approximate surface area is 125 Å². The topological polar surface area (TPSA) is 60.6 Å². The second kappa shape index (κ2) is 7.33. The van der Waals surface area contributed by atoms with E-state index in [-0.39, 0.29) is 0 Å². The molecule has 0 unspecified atom stereocenters. The minimum Gasteiger partial charge on any atom is -0.377 e. The summed E-state index contributed by atoms with van der Waals surface area (Å²) in [7, 11) is 0. The average Bonchev–Trinajstić information content (AvgIpc) is 3.23. The molecule has 0 spiro atoms. The number of aromatic nitrogens is 2. The van der Waals surface area contributed by atoms with Gasteiger partial charge >= 0.3 is 0 Å². The minimum absolute atomic E-state index is 0.292. The van der Waals surface area contributed by atoms with Crippen LogP contribution in [-0.4, -0.2) is 54.1 Å². The van der Waals surface area contributed by atoms with Gasteiger partial charge in [-0.2, -0.15) is 4.98 Å². The summed E-state index contributed by atoms with van der Waals surface area (Å²) in [5.74, 6) is 1.56. The first-order chi connectivity index (χ1) is 10.4. The zero-order valence-electron chi connectivity index (χ0n) is 12.8. The fraction of sp³-hybridized carbons (Fsp3) is 0.867. The predicted molar refractivity (Wildman–Crippen MR) is 77.0 cm³/mol. The molecule has 21 heavy (non-hydrogen) atoms. The maximum Gasteiger partial charge on any atom is 0.226 e. The van der Waals surface area contributed by atoms with Crippen LogP contribution < -0.4 is 0 Å². The lowest BCUT2D eigenvalue weighted by Gasteiger charge is -2.22. The molecule has 0 amide bonds. The molecule has 2 aliphatic rings. The van der Waals surface area contributed by atoms with Crippen LogP contribution in [0, 0.1) is 0 Å². The number of likely N-dealkylation sites (tertiary alicyclic amines) is 1. The van der Waals surface area contributed by atoms with Gasteiger partial charge in [0.25, 0.3) is 0 Å². The lowest BCUT2D eigenvalue weighted by atomic mass is 10.2. The second-order valence-electron chi connectivity index (χ2n) is 5.80. The molecule has 0 saturated carbocycles. The Bertz CT molecular complexity index is 432. The molecule has 2 aliphatic heterocycles. The van der Waals surface area contributed by atoms with E-state index >= 15 is 0 Å². The summed E-state index contributed by atoms with van der Waals surface area (Å²) < 4.78 is 16.6. The third-order valence-corrected chi connectivity index (χ3v) is 4.30. The monoisotopic (exact) mass is 295 g/mol. The lowest BCUT2D eigenvalue weighted by molar-refractivity contribution is 0.00920. The number of aryl methyl sites for hydroxylation is 1. The lowest BCUT2D eigenvalue weighted by Crippen LogP contribution is -2.29. The zero-order chi connectivity index (χ0) is 14.5. The van der Waals surface area contributed by atoms with Crippen LogP contribution in [0.1, 0.15) is 50.4 Å². The van der Waals surface area contributed by atoms with Gasteiger partial charge in [0.2, 0.25) is 5.89 Å². The molecule has 0 aromatic carbocycles. The van der Waals surface area contributed by atoms with Gasteiger partial charge in [0.05, 0.1) is 25.4 Å². The van der Waals surface area contributed by atoms with E-state index in [1.54, 1.807) is 0 Å². The van der Waals surface area contributed by atoms with Crippen molar-refractivity contribution in [3.05, 3.63) is 11.7 Å². The molecule has 1 aromatic heterocycles. The minimum atomic E-state index is 0.292. The molecule has 6 heteroatoms. The van der Waals surface area contributed by atoms with E-state index in [0.29, 0.717) is 12.1 Å². The zero-order valence-corrected chi connectivity index (χ0v) is 12.8. The van der Waals surface area contributed by atoms with Crippen molar-refractivity contribution < 1.29 is 14.0 Å². The van der Waals surface area contributed by atoms with Gasteiger partial charge in [-0.3, -0.25) is 4.90 Å². The molecule has 0 N–H and O–H groups in total. The van der Waals surface area contributed by atoms with E-state index in [9.17, 15) is 0 Å². The van der Waals surface area contributed by atoms with Gasteiger partial charge in [-0.05, 0) is 32.2 Å². The molecule has 0 aliphatic carbocycles. The van der Waals surface area contributed by atoms with E-state index in [2.05, 4.69) is 15.0 Å². The highest BCUT2D eigenvalue weighted by Crippen LogP contribution is 2.29. The Hall–Kier alpha value is -0.980. The summed E-state index contributed by atoms with van der Waals surface area (Å²) >= 11 is 0. The molecule has 118 valence electrons. The van der Waals surface area contributed by atoms with Crippen LogP contribution in [0.3, 0.4) is 0 Å². The van der Waals surface area contributed by atoms with Crippen molar-refractivity contribution in [2.45, 2.75) is 51.2 Å². The van der Waals surface area contributed by atoms with E-state index in [1.165, 1.54) is 12.8 Å². The Balaban J connectivity index is 1.43. The first kappa shape index (κ1) is 14.9. The van der Waals surface area contributed by atoms with Crippen LogP contribution in [0.25, 0.3) is 0 Å². The van der Waals surface area contributed by atoms with Crippen molar-refractivity contribution in [2.75, 3.05) is 32.9 Å². The van der Waals surface area contributed by atoms with Gasteiger partial charge in [0, 0.05) is 19.6 Å². The summed E-state index contributed by atoms with van der Waals surface area (Å²) in [5.41, 5.74) is 0. The number of rotatable bonds is 7. The third kappa shape index (κ3) is 3.81. The molecule has 3 rings (SSSR count). The van der Waals surface area contributed by atoms with E-state index in [1.807, 2.05) is 6.92 Å². The van der Waals surface area contributed by atoms with Gasteiger partial charge in [0.1, 0.15) is 0 Å². The van der Waals surface area contributed by atoms with Crippen molar-refractivity contribution >= 4 is 0 Å². The first-order valence-electron chi connectivity index (χ1n) is 8.12. The highest BCUT2D eigenvalue weighted by molar-refractivity contribution is 4.98. The van der Waals surface area contributed by atoms with Crippen molar-refractivity contribution in [3.8, 4) is 0 Å². The molecule has 2 atom stereocenters. The molecular formula is C15H25N3O3.